The predicted octanol–water partition coefficient (Wildman–Crippen LogP) is 2.87. The first-order chi connectivity index (χ1) is 10.6. The highest BCUT2D eigenvalue weighted by atomic mass is 19.1. The first kappa shape index (κ1) is 15.8. The summed E-state index contributed by atoms with van der Waals surface area (Å²) in [7, 11) is 3.25. The molecule has 0 saturated carbocycles. The lowest BCUT2D eigenvalue weighted by molar-refractivity contribution is -0.132. The molecule has 5 heteroatoms. The van der Waals surface area contributed by atoms with Crippen molar-refractivity contribution >= 4 is 5.91 Å². The van der Waals surface area contributed by atoms with E-state index in [4.69, 9.17) is 9.47 Å². The van der Waals surface area contributed by atoms with E-state index in [1.807, 2.05) is 24.3 Å². The number of nitrogens with zero attached hydrogens (tertiary/aromatic N) is 1. The van der Waals surface area contributed by atoms with E-state index in [1.165, 1.54) is 17.0 Å². The summed E-state index contributed by atoms with van der Waals surface area (Å²) in [5, 5.41) is 0. The van der Waals surface area contributed by atoms with E-state index in [-0.39, 0.29) is 18.3 Å². The molecule has 2 aromatic carbocycles. The van der Waals surface area contributed by atoms with Crippen molar-refractivity contribution in [3.05, 3.63) is 59.9 Å². The number of carbonyl (C=O) groups excluding carboxylic acids is 1. The summed E-state index contributed by atoms with van der Waals surface area (Å²) in [6, 6.07) is 13.5. The van der Waals surface area contributed by atoms with Gasteiger partial charge in [-0.05, 0) is 18.2 Å². The van der Waals surface area contributed by atoms with Gasteiger partial charge < -0.3 is 14.4 Å². The van der Waals surface area contributed by atoms with Crippen molar-refractivity contribution in [2.75, 3.05) is 20.8 Å². The zero-order valence-electron chi connectivity index (χ0n) is 12.6. The lowest BCUT2D eigenvalue weighted by Gasteiger charge is -2.19. The number of methoxy groups -OCH3 is 1. The number of carbonyl (C=O) groups is 1. The van der Waals surface area contributed by atoms with Gasteiger partial charge in [-0.3, -0.25) is 4.79 Å². The SMILES string of the molecule is COc1ccccc1CN(C)C(=O)COc1ccccc1F. The van der Waals surface area contributed by atoms with Crippen molar-refractivity contribution in [2.45, 2.75) is 6.54 Å². The zero-order chi connectivity index (χ0) is 15.9. The molecule has 0 heterocycles. The molecule has 0 aliphatic heterocycles. The Balaban J connectivity index is 1.94. The molecule has 0 bridgehead atoms. The molecule has 4 nitrogen and oxygen atoms in total. The van der Waals surface area contributed by atoms with Gasteiger partial charge in [0.15, 0.2) is 18.2 Å². The highest BCUT2D eigenvalue weighted by Gasteiger charge is 2.13. The van der Waals surface area contributed by atoms with Gasteiger partial charge >= 0.3 is 0 Å². The Morgan fingerprint density at radius 2 is 1.73 bits per heavy atom. The average molecular weight is 303 g/mol. The van der Waals surface area contributed by atoms with Crippen LogP contribution in [0.4, 0.5) is 4.39 Å². The largest absolute Gasteiger partial charge is 0.496 e. The van der Waals surface area contributed by atoms with Crippen LogP contribution in [-0.4, -0.2) is 31.6 Å². The van der Waals surface area contributed by atoms with Crippen molar-refractivity contribution in [2.24, 2.45) is 0 Å². The third kappa shape index (κ3) is 3.97. The van der Waals surface area contributed by atoms with Crippen molar-refractivity contribution in [1.82, 2.24) is 4.90 Å². The Kier molecular flexibility index (Phi) is 5.36. The molecule has 116 valence electrons. The number of para-hydroxylation sites is 2. The summed E-state index contributed by atoms with van der Waals surface area (Å²) in [5.41, 5.74) is 0.895. The third-order valence-corrected chi connectivity index (χ3v) is 3.21. The van der Waals surface area contributed by atoms with Crippen LogP contribution in [0.25, 0.3) is 0 Å². The number of hydrogen-bond donors (Lipinski definition) is 0. The summed E-state index contributed by atoms with van der Waals surface area (Å²) in [6.07, 6.45) is 0. The van der Waals surface area contributed by atoms with Gasteiger partial charge in [-0.2, -0.15) is 0 Å². The van der Waals surface area contributed by atoms with Gasteiger partial charge in [0.25, 0.3) is 5.91 Å². The summed E-state index contributed by atoms with van der Waals surface area (Å²) >= 11 is 0. The molecule has 0 unspecified atom stereocenters. The van der Waals surface area contributed by atoms with E-state index in [2.05, 4.69) is 0 Å². The second-order valence-electron chi connectivity index (χ2n) is 4.78. The Morgan fingerprint density at radius 1 is 1.09 bits per heavy atom. The molecular weight excluding hydrogens is 285 g/mol. The van der Waals surface area contributed by atoms with Gasteiger partial charge in [-0.1, -0.05) is 30.3 Å². The lowest BCUT2D eigenvalue weighted by atomic mass is 10.2. The number of ether oxygens (including phenoxy) is 2. The third-order valence-electron chi connectivity index (χ3n) is 3.21. The molecule has 22 heavy (non-hydrogen) atoms. The molecule has 2 rings (SSSR count). The van der Waals surface area contributed by atoms with E-state index in [9.17, 15) is 9.18 Å². The molecule has 0 saturated heterocycles. The zero-order valence-corrected chi connectivity index (χ0v) is 12.6. The topological polar surface area (TPSA) is 38.8 Å². The van der Waals surface area contributed by atoms with Gasteiger partial charge in [0.05, 0.1) is 7.11 Å². The summed E-state index contributed by atoms with van der Waals surface area (Å²) in [6.45, 7) is 0.177. The molecule has 1 amide bonds. The second-order valence-corrected chi connectivity index (χ2v) is 4.78. The van der Waals surface area contributed by atoms with Crippen molar-refractivity contribution in [3.63, 3.8) is 0 Å². The monoisotopic (exact) mass is 303 g/mol. The Labute approximate surface area is 129 Å². The van der Waals surface area contributed by atoms with E-state index < -0.39 is 5.82 Å². The smallest absolute Gasteiger partial charge is 0.260 e. The number of benzene rings is 2. The molecular formula is C17H18FNO3. The van der Waals surface area contributed by atoms with E-state index in [0.717, 1.165) is 11.3 Å². The highest BCUT2D eigenvalue weighted by Crippen LogP contribution is 2.19. The van der Waals surface area contributed by atoms with E-state index in [1.54, 1.807) is 26.3 Å². The lowest BCUT2D eigenvalue weighted by Crippen LogP contribution is -2.31. The van der Waals surface area contributed by atoms with Crippen LogP contribution in [0.2, 0.25) is 0 Å². The molecule has 0 atom stereocenters. The molecule has 2 aromatic rings. The van der Waals surface area contributed by atoms with Crippen molar-refractivity contribution in [3.8, 4) is 11.5 Å². The normalized spacial score (nSPS) is 10.1. The molecule has 0 spiro atoms. The fourth-order valence-electron chi connectivity index (χ4n) is 1.99. The average Bonchev–Trinajstić information content (AvgIpc) is 2.54. The van der Waals surface area contributed by atoms with Crippen LogP contribution in [-0.2, 0) is 11.3 Å². The van der Waals surface area contributed by atoms with Gasteiger partial charge in [0, 0.05) is 19.2 Å². The first-order valence-corrected chi connectivity index (χ1v) is 6.85. The second kappa shape index (κ2) is 7.45. The Bertz CT molecular complexity index is 645. The van der Waals surface area contributed by atoms with Crippen LogP contribution >= 0.6 is 0 Å². The maximum atomic E-state index is 13.4. The van der Waals surface area contributed by atoms with Gasteiger partial charge in [-0.25, -0.2) is 4.39 Å². The van der Waals surface area contributed by atoms with E-state index in [0.29, 0.717) is 6.54 Å². The highest BCUT2D eigenvalue weighted by molar-refractivity contribution is 5.77. The minimum absolute atomic E-state index is 0.0709. The number of rotatable bonds is 6. The maximum Gasteiger partial charge on any atom is 0.260 e. The van der Waals surface area contributed by atoms with Crippen molar-refractivity contribution < 1.29 is 18.7 Å². The minimum atomic E-state index is -0.484. The fourth-order valence-corrected chi connectivity index (χ4v) is 1.99. The predicted molar refractivity (Wildman–Crippen MR) is 81.4 cm³/mol. The van der Waals surface area contributed by atoms with Gasteiger partial charge in [-0.15, -0.1) is 0 Å². The molecule has 0 aromatic heterocycles. The van der Waals surface area contributed by atoms with E-state index >= 15 is 0 Å². The van der Waals surface area contributed by atoms with Gasteiger partial charge in [0.2, 0.25) is 0 Å². The van der Waals surface area contributed by atoms with Crippen LogP contribution in [0.1, 0.15) is 5.56 Å². The fraction of sp³-hybridized carbons (Fsp3) is 0.235. The first-order valence-electron chi connectivity index (χ1n) is 6.85. The molecule has 0 radical (unpaired) electrons. The van der Waals surface area contributed by atoms with Crippen LogP contribution in [0.5, 0.6) is 11.5 Å². The van der Waals surface area contributed by atoms with Crippen LogP contribution in [0, 0.1) is 5.82 Å². The summed E-state index contributed by atoms with van der Waals surface area (Å²) in [5.74, 6) is 0.0653. The van der Waals surface area contributed by atoms with Crippen LogP contribution in [0.3, 0.4) is 0 Å². The summed E-state index contributed by atoms with van der Waals surface area (Å²) in [4.78, 5) is 13.6. The number of hydrogen-bond acceptors (Lipinski definition) is 3. The number of halogens is 1. The number of amides is 1. The Morgan fingerprint density at radius 3 is 2.41 bits per heavy atom. The molecule has 0 aliphatic rings. The maximum absolute atomic E-state index is 13.4. The standard InChI is InChI=1S/C17H18FNO3/c1-19(11-13-7-3-5-9-15(13)21-2)17(20)12-22-16-10-6-4-8-14(16)18/h3-10H,11-12H2,1-2H3. The van der Waals surface area contributed by atoms with Crippen molar-refractivity contribution in [1.29, 1.82) is 0 Å². The van der Waals surface area contributed by atoms with Crippen LogP contribution in [0.15, 0.2) is 48.5 Å². The Hall–Kier alpha value is -2.56. The molecule has 0 fully saturated rings. The summed E-state index contributed by atoms with van der Waals surface area (Å²) < 4.78 is 23.9. The molecule has 0 N–H and O–H groups in total. The number of likely N-dealkylation sites (N-methyl/N-ethyl adjacent to an activating group) is 1. The van der Waals surface area contributed by atoms with Gasteiger partial charge in [0.1, 0.15) is 5.75 Å². The van der Waals surface area contributed by atoms with Crippen LogP contribution < -0.4 is 9.47 Å². The quantitative estimate of drug-likeness (QED) is 0.823. The minimum Gasteiger partial charge on any atom is -0.496 e. The molecule has 0 aliphatic carbocycles.